The van der Waals surface area contributed by atoms with E-state index in [1.807, 2.05) is 0 Å². The van der Waals surface area contributed by atoms with Gasteiger partial charge in [0, 0.05) is 13.1 Å². The quantitative estimate of drug-likeness (QED) is 0.698. The molecule has 0 spiro atoms. The number of nitrogens with one attached hydrogen (secondary N) is 1. The van der Waals surface area contributed by atoms with Crippen LogP contribution in [0.1, 0.15) is 70.6 Å². The van der Waals surface area contributed by atoms with Crippen molar-refractivity contribution in [1.29, 1.82) is 0 Å². The number of nitrogens with two attached hydrogens (primary N) is 1. The minimum absolute atomic E-state index is 0.767. The summed E-state index contributed by atoms with van der Waals surface area (Å²) in [4.78, 5) is 0. The SMILES string of the molecule is NCCNCCCC1CCCCCCCCC1. The molecule has 1 aliphatic carbocycles. The first kappa shape index (κ1) is 15.0. The summed E-state index contributed by atoms with van der Waals surface area (Å²) < 4.78 is 0. The molecule has 3 N–H and O–H groups in total. The van der Waals surface area contributed by atoms with Crippen LogP contribution < -0.4 is 11.1 Å². The lowest BCUT2D eigenvalue weighted by Crippen LogP contribution is -2.23. The Labute approximate surface area is 108 Å². The van der Waals surface area contributed by atoms with E-state index >= 15 is 0 Å². The van der Waals surface area contributed by atoms with Gasteiger partial charge in [-0.25, -0.2) is 0 Å². The molecule has 0 heterocycles. The molecule has 17 heavy (non-hydrogen) atoms. The Balaban J connectivity index is 2.05. The van der Waals surface area contributed by atoms with Crippen LogP contribution in [0.25, 0.3) is 0 Å². The molecular weight excluding hydrogens is 208 g/mol. The van der Waals surface area contributed by atoms with Crippen LogP contribution in [-0.4, -0.2) is 19.6 Å². The predicted octanol–water partition coefficient (Wildman–Crippen LogP) is 3.46. The van der Waals surface area contributed by atoms with E-state index in [0.29, 0.717) is 0 Å². The van der Waals surface area contributed by atoms with Crippen LogP contribution in [0.15, 0.2) is 0 Å². The van der Waals surface area contributed by atoms with Gasteiger partial charge in [-0.15, -0.1) is 0 Å². The Bertz CT molecular complexity index is 149. The number of rotatable bonds is 6. The van der Waals surface area contributed by atoms with Crippen LogP contribution in [0.4, 0.5) is 0 Å². The van der Waals surface area contributed by atoms with Gasteiger partial charge < -0.3 is 11.1 Å². The molecule has 0 atom stereocenters. The predicted molar refractivity (Wildman–Crippen MR) is 76.2 cm³/mol. The zero-order valence-corrected chi connectivity index (χ0v) is 11.6. The molecule has 0 bridgehead atoms. The van der Waals surface area contributed by atoms with Crippen LogP contribution >= 0.6 is 0 Å². The van der Waals surface area contributed by atoms with Gasteiger partial charge in [-0.1, -0.05) is 57.8 Å². The van der Waals surface area contributed by atoms with Crippen LogP contribution in [0.2, 0.25) is 0 Å². The molecule has 0 aromatic rings. The van der Waals surface area contributed by atoms with E-state index in [-0.39, 0.29) is 0 Å². The van der Waals surface area contributed by atoms with Crippen molar-refractivity contribution in [2.24, 2.45) is 11.7 Å². The maximum Gasteiger partial charge on any atom is 0.00745 e. The van der Waals surface area contributed by atoms with Crippen molar-refractivity contribution >= 4 is 0 Å². The van der Waals surface area contributed by atoms with E-state index < -0.39 is 0 Å². The number of hydrogen-bond donors (Lipinski definition) is 2. The molecule has 0 aromatic heterocycles. The van der Waals surface area contributed by atoms with E-state index in [0.717, 1.165) is 25.6 Å². The van der Waals surface area contributed by atoms with Crippen molar-refractivity contribution in [3.8, 4) is 0 Å². The summed E-state index contributed by atoms with van der Waals surface area (Å²) in [5.74, 6) is 1.01. The molecule has 1 saturated carbocycles. The molecule has 2 heteroatoms. The molecule has 0 radical (unpaired) electrons. The van der Waals surface area contributed by atoms with E-state index in [1.54, 1.807) is 0 Å². The molecule has 1 rings (SSSR count). The third-order valence-corrected chi connectivity index (χ3v) is 4.01. The molecule has 1 aliphatic rings. The van der Waals surface area contributed by atoms with Crippen molar-refractivity contribution in [2.45, 2.75) is 70.6 Å². The first-order valence-electron chi connectivity index (χ1n) is 7.84. The fourth-order valence-electron chi connectivity index (χ4n) is 2.93. The monoisotopic (exact) mass is 240 g/mol. The summed E-state index contributed by atoms with van der Waals surface area (Å²) in [7, 11) is 0. The van der Waals surface area contributed by atoms with Gasteiger partial charge in [0.15, 0.2) is 0 Å². The topological polar surface area (TPSA) is 38.0 Å². The summed E-state index contributed by atoms with van der Waals surface area (Å²) in [6, 6.07) is 0. The summed E-state index contributed by atoms with van der Waals surface area (Å²) in [5.41, 5.74) is 5.46. The average molecular weight is 240 g/mol. The maximum absolute atomic E-state index is 5.46. The standard InChI is InChI=1S/C15H32N2/c16-12-14-17-13-8-11-15-9-6-4-2-1-3-5-7-10-15/h15,17H,1-14,16H2. The van der Waals surface area contributed by atoms with E-state index in [1.165, 1.54) is 70.6 Å². The average Bonchev–Trinajstić information content (AvgIpc) is 2.36. The molecule has 0 aliphatic heterocycles. The van der Waals surface area contributed by atoms with Gasteiger partial charge in [0.1, 0.15) is 0 Å². The van der Waals surface area contributed by atoms with Gasteiger partial charge >= 0.3 is 0 Å². The van der Waals surface area contributed by atoms with Gasteiger partial charge in [-0.05, 0) is 25.3 Å². The molecule has 0 amide bonds. The van der Waals surface area contributed by atoms with Crippen molar-refractivity contribution < 1.29 is 0 Å². The van der Waals surface area contributed by atoms with Gasteiger partial charge in [-0.2, -0.15) is 0 Å². The van der Waals surface area contributed by atoms with Crippen LogP contribution in [0, 0.1) is 5.92 Å². The highest BCUT2D eigenvalue weighted by atomic mass is 14.9. The molecule has 102 valence electrons. The zero-order valence-electron chi connectivity index (χ0n) is 11.6. The fourth-order valence-corrected chi connectivity index (χ4v) is 2.93. The summed E-state index contributed by atoms with van der Waals surface area (Å²) in [5, 5.41) is 3.40. The first-order chi connectivity index (χ1) is 8.43. The Morgan fingerprint density at radius 2 is 1.41 bits per heavy atom. The molecule has 0 unspecified atom stereocenters. The minimum atomic E-state index is 0.767. The summed E-state index contributed by atoms with van der Waals surface area (Å²) >= 11 is 0. The van der Waals surface area contributed by atoms with E-state index in [4.69, 9.17) is 5.73 Å². The highest BCUT2D eigenvalue weighted by molar-refractivity contribution is 4.63. The second-order valence-corrected chi connectivity index (χ2v) is 5.60. The summed E-state index contributed by atoms with van der Waals surface area (Å²) in [6.07, 6.45) is 16.1. The zero-order chi connectivity index (χ0) is 12.2. The number of hydrogen-bond acceptors (Lipinski definition) is 2. The minimum Gasteiger partial charge on any atom is -0.329 e. The fraction of sp³-hybridized carbons (Fsp3) is 1.00. The Morgan fingerprint density at radius 3 is 2.00 bits per heavy atom. The van der Waals surface area contributed by atoms with Crippen molar-refractivity contribution in [3.05, 3.63) is 0 Å². The Hall–Kier alpha value is -0.0800. The largest absolute Gasteiger partial charge is 0.329 e. The lowest BCUT2D eigenvalue weighted by Gasteiger charge is -2.18. The third kappa shape index (κ3) is 8.62. The summed E-state index contributed by atoms with van der Waals surface area (Å²) in [6.45, 7) is 2.90. The highest BCUT2D eigenvalue weighted by Gasteiger charge is 2.09. The van der Waals surface area contributed by atoms with Crippen LogP contribution in [0.5, 0.6) is 0 Å². The molecule has 0 aromatic carbocycles. The molecule has 0 saturated heterocycles. The van der Waals surface area contributed by atoms with Gasteiger partial charge in [0.25, 0.3) is 0 Å². The first-order valence-corrected chi connectivity index (χ1v) is 7.84. The van der Waals surface area contributed by atoms with E-state index in [9.17, 15) is 0 Å². The maximum atomic E-state index is 5.46. The molecule has 1 fully saturated rings. The molecular formula is C15H32N2. The van der Waals surface area contributed by atoms with Crippen LogP contribution in [-0.2, 0) is 0 Å². The Morgan fingerprint density at radius 1 is 0.824 bits per heavy atom. The van der Waals surface area contributed by atoms with Gasteiger partial charge in [0.2, 0.25) is 0 Å². The normalized spacial score (nSPS) is 20.3. The van der Waals surface area contributed by atoms with E-state index in [2.05, 4.69) is 5.32 Å². The van der Waals surface area contributed by atoms with Crippen molar-refractivity contribution in [2.75, 3.05) is 19.6 Å². The van der Waals surface area contributed by atoms with Gasteiger partial charge in [-0.3, -0.25) is 0 Å². The van der Waals surface area contributed by atoms with Crippen molar-refractivity contribution in [3.63, 3.8) is 0 Å². The Kier molecular flexibility index (Phi) is 9.72. The highest BCUT2D eigenvalue weighted by Crippen LogP contribution is 2.24. The lowest BCUT2D eigenvalue weighted by atomic mass is 9.89. The molecule has 2 nitrogen and oxygen atoms in total. The third-order valence-electron chi connectivity index (χ3n) is 4.01. The lowest BCUT2D eigenvalue weighted by molar-refractivity contribution is 0.359. The second-order valence-electron chi connectivity index (χ2n) is 5.60. The van der Waals surface area contributed by atoms with Gasteiger partial charge in [0.05, 0.1) is 0 Å². The second kappa shape index (κ2) is 11.0. The smallest absolute Gasteiger partial charge is 0.00745 e. The van der Waals surface area contributed by atoms with Crippen molar-refractivity contribution in [1.82, 2.24) is 5.32 Å². The van der Waals surface area contributed by atoms with Crippen LogP contribution in [0.3, 0.4) is 0 Å².